The summed E-state index contributed by atoms with van der Waals surface area (Å²) in [5.74, 6) is -3.42. The maximum atomic E-state index is 12.6. The summed E-state index contributed by atoms with van der Waals surface area (Å²) in [5, 5.41) is 2.65. The summed E-state index contributed by atoms with van der Waals surface area (Å²) in [6.07, 6.45) is 0.256. The molecule has 0 aliphatic carbocycles. The summed E-state index contributed by atoms with van der Waals surface area (Å²) < 4.78 is 118. The lowest BCUT2D eigenvalue weighted by Gasteiger charge is -2.07. The molecule has 4 heterocycles. The molecule has 4 aromatic heterocycles. The number of methoxy groups -OCH3 is 3. The van der Waals surface area contributed by atoms with Crippen molar-refractivity contribution in [2.24, 2.45) is 0 Å². The van der Waals surface area contributed by atoms with E-state index in [1.807, 2.05) is 0 Å². The second-order valence-electron chi connectivity index (χ2n) is 8.29. The smallest absolute Gasteiger partial charge is 0.470 e. The van der Waals surface area contributed by atoms with Crippen molar-refractivity contribution < 1.29 is 72.3 Å². The average Bonchev–Trinajstić information content (AvgIpc) is 3.63. The summed E-state index contributed by atoms with van der Waals surface area (Å²) in [7, 11) is -3.01. The molecule has 0 bridgehead atoms. The molecule has 0 amide bonds. The highest BCUT2D eigenvalue weighted by Crippen LogP contribution is 2.31. The molecule has 0 radical (unpaired) electrons. The lowest BCUT2D eigenvalue weighted by molar-refractivity contribution is -0.157. The van der Waals surface area contributed by atoms with Crippen LogP contribution in [0.5, 0.6) is 11.5 Å². The van der Waals surface area contributed by atoms with Crippen LogP contribution in [-0.4, -0.2) is 95.3 Å². The Morgan fingerprint density at radius 3 is 1.60 bits per heavy atom. The Balaban J connectivity index is 0.000000261. The first kappa shape index (κ1) is 39.4. The first-order valence-corrected chi connectivity index (χ1v) is 14.8. The van der Waals surface area contributed by atoms with E-state index >= 15 is 0 Å². The SMILES string of the molecule is CCOC(=O)c1cnn2cc(Br)nc2c1OC.CCOC(=O)c1cnn2cc(C(F)(F)F)nc2c1OC.COC(=O)C(F)(F)S(=O)(=O)F. The van der Waals surface area contributed by atoms with Gasteiger partial charge >= 0.3 is 39.6 Å². The Bertz CT molecular complexity index is 1900. The van der Waals surface area contributed by atoms with E-state index in [4.69, 9.17) is 18.9 Å². The van der Waals surface area contributed by atoms with Crippen molar-refractivity contribution in [3.63, 3.8) is 0 Å². The third-order valence-electron chi connectivity index (χ3n) is 5.28. The lowest BCUT2D eigenvalue weighted by atomic mass is 10.3. The van der Waals surface area contributed by atoms with E-state index < -0.39 is 45.3 Å². The summed E-state index contributed by atoms with van der Waals surface area (Å²) in [6.45, 7) is 3.76. The van der Waals surface area contributed by atoms with Crippen LogP contribution in [-0.2, 0) is 35.4 Å². The van der Waals surface area contributed by atoms with Gasteiger partial charge in [-0.1, -0.05) is 3.89 Å². The maximum Gasteiger partial charge on any atom is 0.470 e. The van der Waals surface area contributed by atoms with Gasteiger partial charge in [0.2, 0.25) is 0 Å². The third-order valence-corrected chi connectivity index (χ3v) is 6.44. The van der Waals surface area contributed by atoms with Crippen LogP contribution < -0.4 is 9.47 Å². The van der Waals surface area contributed by atoms with Gasteiger partial charge in [-0.2, -0.15) is 40.6 Å². The van der Waals surface area contributed by atoms with E-state index in [0.29, 0.717) is 35.9 Å². The van der Waals surface area contributed by atoms with Crippen molar-refractivity contribution in [2.75, 3.05) is 34.5 Å². The molecule has 0 aromatic carbocycles. The Kier molecular flexibility index (Phi) is 13.1. The van der Waals surface area contributed by atoms with Crippen LogP contribution in [0, 0.1) is 0 Å². The van der Waals surface area contributed by atoms with Crippen LogP contribution in [0.25, 0.3) is 11.3 Å². The normalized spacial score (nSPS) is 11.5. The molecule has 4 rings (SSSR count). The number of halogens is 7. The zero-order chi connectivity index (χ0) is 36.6. The first-order chi connectivity index (χ1) is 22.3. The Morgan fingerprint density at radius 2 is 1.25 bits per heavy atom. The van der Waals surface area contributed by atoms with Crippen molar-refractivity contribution in [1.82, 2.24) is 29.2 Å². The predicted molar refractivity (Wildman–Crippen MR) is 151 cm³/mol. The van der Waals surface area contributed by atoms with E-state index in [0.717, 1.165) is 10.7 Å². The minimum atomic E-state index is -6.22. The van der Waals surface area contributed by atoms with Gasteiger partial charge in [-0.05, 0) is 29.8 Å². The quantitative estimate of drug-likeness (QED) is 0.109. The third kappa shape index (κ3) is 8.99. The molecule has 0 N–H and O–H groups in total. The van der Waals surface area contributed by atoms with Gasteiger partial charge in [-0.3, -0.25) is 0 Å². The molecular formula is C24H23BrF6N6O10S. The minimum absolute atomic E-state index is 0.0822. The van der Waals surface area contributed by atoms with Crippen molar-refractivity contribution >= 4 is 55.4 Å². The van der Waals surface area contributed by atoms with Crippen molar-refractivity contribution in [1.29, 1.82) is 0 Å². The highest BCUT2D eigenvalue weighted by Gasteiger charge is 2.55. The van der Waals surface area contributed by atoms with Gasteiger partial charge in [0.05, 0.1) is 59.3 Å². The number of carbonyl (C=O) groups excluding carboxylic acids is 3. The van der Waals surface area contributed by atoms with Gasteiger partial charge in [-0.25, -0.2) is 33.4 Å². The van der Waals surface area contributed by atoms with E-state index in [9.17, 15) is 48.6 Å². The van der Waals surface area contributed by atoms with E-state index in [2.05, 4.69) is 40.8 Å². The van der Waals surface area contributed by atoms with Gasteiger partial charge in [0, 0.05) is 0 Å². The molecule has 0 aliphatic rings. The Labute approximate surface area is 274 Å². The summed E-state index contributed by atoms with van der Waals surface area (Å²) in [4.78, 5) is 40.8. The molecule has 16 nitrogen and oxygen atoms in total. The molecule has 0 atom stereocenters. The molecular weight excluding hydrogens is 758 g/mol. The second kappa shape index (κ2) is 15.9. The van der Waals surface area contributed by atoms with Gasteiger partial charge in [-0.15, -0.1) is 0 Å². The van der Waals surface area contributed by atoms with Crippen LogP contribution >= 0.6 is 15.9 Å². The van der Waals surface area contributed by atoms with Crippen molar-refractivity contribution in [3.05, 3.63) is 46.2 Å². The first-order valence-electron chi connectivity index (χ1n) is 12.6. The van der Waals surface area contributed by atoms with Gasteiger partial charge in [0.15, 0.2) is 28.5 Å². The molecule has 0 saturated heterocycles. The predicted octanol–water partition coefficient (Wildman–Crippen LogP) is 3.66. The number of ether oxygens (including phenoxy) is 5. The number of hydrogen-bond donors (Lipinski definition) is 0. The highest BCUT2D eigenvalue weighted by atomic mass is 79.9. The Morgan fingerprint density at radius 1 is 0.812 bits per heavy atom. The number of nitrogens with zero attached hydrogens (tertiary/aromatic N) is 6. The van der Waals surface area contributed by atoms with Crippen LogP contribution in [0.2, 0.25) is 0 Å². The summed E-state index contributed by atoms with van der Waals surface area (Å²) in [5.41, 5.74) is -0.680. The number of rotatable bonds is 8. The van der Waals surface area contributed by atoms with Gasteiger partial charge in [0.1, 0.15) is 15.7 Å². The monoisotopic (exact) mass is 780 g/mol. The highest BCUT2D eigenvalue weighted by molar-refractivity contribution is 9.10. The number of fused-ring (bicyclic) bond motifs is 2. The Hall–Kier alpha value is -4.74. The second-order valence-corrected chi connectivity index (χ2v) is 10.5. The number of carbonyl (C=O) groups is 3. The van der Waals surface area contributed by atoms with Crippen LogP contribution in [0.1, 0.15) is 40.3 Å². The number of hydrogen-bond acceptors (Lipinski definition) is 14. The fraction of sp³-hybridized carbons (Fsp3) is 0.375. The molecule has 4 aromatic rings. The van der Waals surface area contributed by atoms with Crippen LogP contribution in [0.3, 0.4) is 0 Å². The fourth-order valence-electron chi connectivity index (χ4n) is 3.26. The molecule has 0 unspecified atom stereocenters. The van der Waals surface area contributed by atoms with Crippen LogP contribution in [0.15, 0.2) is 29.4 Å². The number of esters is 3. The topological polar surface area (TPSA) is 192 Å². The average molecular weight is 781 g/mol. The number of alkyl halides is 5. The zero-order valence-electron chi connectivity index (χ0n) is 25.0. The molecule has 0 saturated carbocycles. The number of imidazole rings is 2. The van der Waals surface area contributed by atoms with Crippen molar-refractivity contribution in [3.8, 4) is 11.5 Å². The molecule has 48 heavy (non-hydrogen) atoms. The molecule has 264 valence electrons. The summed E-state index contributed by atoms with van der Waals surface area (Å²) >= 11 is 3.24. The summed E-state index contributed by atoms with van der Waals surface area (Å²) in [6, 6.07) is 0. The standard InChI is InChI=1S/C11H10F3N3O3.C10H10BrN3O3.C3H3F3O4S/c1-3-20-10(18)6-4-15-17-5-7(11(12,13)14)16-9(17)8(6)19-2;1-3-17-10(15)6-4-12-14-5-7(11)13-9(14)8(6)16-2;1-10-2(7)3(4,5)11(6,8)9/h4-5H,3H2,1-2H3;4-5H,3H2,1-2H3;1H3. The zero-order valence-corrected chi connectivity index (χ0v) is 27.4. The lowest BCUT2D eigenvalue weighted by Crippen LogP contribution is -2.36. The minimum Gasteiger partial charge on any atom is -0.492 e. The maximum absolute atomic E-state index is 12.6. The largest absolute Gasteiger partial charge is 0.492 e. The van der Waals surface area contributed by atoms with E-state index in [1.54, 1.807) is 20.0 Å². The molecule has 0 fully saturated rings. The van der Waals surface area contributed by atoms with Crippen molar-refractivity contribution in [2.45, 2.75) is 25.3 Å². The fourth-order valence-corrected chi connectivity index (χ4v) is 3.91. The number of aromatic nitrogens is 6. The van der Waals surface area contributed by atoms with E-state index in [-0.39, 0.29) is 29.1 Å². The van der Waals surface area contributed by atoms with E-state index in [1.165, 1.54) is 24.9 Å². The molecule has 0 aliphatic heterocycles. The van der Waals surface area contributed by atoms with Gasteiger partial charge in [0.25, 0.3) is 0 Å². The van der Waals surface area contributed by atoms with Gasteiger partial charge < -0.3 is 23.7 Å². The van der Waals surface area contributed by atoms with Crippen LogP contribution in [0.4, 0.5) is 25.8 Å². The molecule has 0 spiro atoms. The molecule has 24 heteroatoms.